The Labute approximate surface area is 264 Å². The Morgan fingerprint density at radius 1 is 0.886 bits per heavy atom. The van der Waals surface area contributed by atoms with Crippen molar-refractivity contribution in [3.63, 3.8) is 0 Å². The number of aromatic amines is 1. The van der Waals surface area contributed by atoms with E-state index >= 15 is 0 Å². The summed E-state index contributed by atoms with van der Waals surface area (Å²) in [5.74, 6) is 2.66. The first-order valence-corrected chi connectivity index (χ1v) is 17.9. The van der Waals surface area contributed by atoms with Crippen molar-refractivity contribution in [1.82, 2.24) is 4.98 Å². The molecule has 2 unspecified atom stereocenters. The highest BCUT2D eigenvalue weighted by atomic mass is 31.2. The number of benzene rings is 3. The molecule has 1 aliphatic rings. The molecule has 2 nitrogen and oxygen atoms in total. The maximum atomic E-state index is 6.83. The Balaban J connectivity index is 1.48. The van der Waals surface area contributed by atoms with Crippen LogP contribution in [0.25, 0.3) is 11.6 Å². The monoisotopic (exact) mass is 595 g/mol. The number of hydrogen-bond acceptors (Lipinski definition) is 1. The van der Waals surface area contributed by atoms with E-state index in [9.17, 15) is 0 Å². The SMILES string of the molecule is C=C/C=C\C=C/[P+](C)(c1ccccc1)c1ccc(Cc2ccccc2C(/C=C2/C=Cc3cc[nH]c3C2C)=C(\N)CCC)cc1. The summed E-state index contributed by atoms with van der Waals surface area (Å²) in [6.07, 6.45) is 19.5. The first-order chi connectivity index (χ1) is 21.4. The van der Waals surface area contributed by atoms with Crippen LogP contribution in [0, 0.1) is 0 Å². The first kappa shape index (κ1) is 31.0. The topological polar surface area (TPSA) is 41.8 Å². The quantitative estimate of drug-likeness (QED) is 0.132. The molecule has 3 aromatic carbocycles. The molecule has 1 heterocycles. The Morgan fingerprint density at radius 3 is 2.36 bits per heavy atom. The van der Waals surface area contributed by atoms with Crippen LogP contribution in [0.1, 0.15) is 60.6 Å². The molecule has 0 spiro atoms. The van der Waals surface area contributed by atoms with Crippen LogP contribution < -0.4 is 16.3 Å². The van der Waals surface area contributed by atoms with Crippen LogP contribution in [0.4, 0.5) is 0 Å². The van der Waals surface area contributed by atoms with Crippen molar-refractivity contribution in [2.75, 3.05) is 6.66 Å². The molecule has 44 heavy (non-hydrogen) atoms. The van der Waals surface area contributed by atoms with Gasteiger partial charge in [-0.2, -0.15) is 0 Å². The second-order valence-corrected chi connectivity index (χ2v) is 15.1. The van der Waals surface area contributed by atoms with E-state index < -0.39 is 7.26 Å². The van der Waals surface area contributed by atoms with Crippen molar-refractivity contribution in [1.29, 1.82) is 0 Å². The maximum absolute atomic E-state index is 6.83. The lowest BCUT2D eigenvalue weighted by molar-refractivity contribution is 0.871. The average molecular weight is 596 g/mol. The number of nitrogens with one attached hydrogen (secondary N) is 1. The smallest absolute Gasteiger partial charge is 0.103 e. The Bertz CT molecular complexity index is 1730. The van der Waals surface area contributed by atoms with E-state index in [1.165, 1.54) is 44.1 Å². The number of aromatic nitrogens is 1. The summed E-state index contributed by atoms with van der Waals surface area (Å²) in [7, 11) is -1.71. The fourth-order valence-electron chi connectivity index (χ4n) is 6.00. The van der Waals surface area contributed by atoms with E-state index in [1.54, 1.807) is 0 Å². The molecule has 5 rings (SSSR count). The fraction of sp³-hybridized carbons (Fsp3) is 0.171. The summed E-state index contributed by atoms with van der Waals surface area (Å²) in [6.45, 7) is 10.6. The zero-order valence-electron chi connectivity index (χ0n) is 26.2. The van der Waals surface area contributed by atoms with Gasteiger partial charge in [-0.05, 0) is 83.2 Å². The van der Waals surface area contributed by atoms with Crippen LogP contribution in [-0.4, -0.2) is 11.6 Å². The van der Waals surface area contributed by atoms with E-state index in [-0.39, 0.29) is 5.92 Å². The second-order valence-electron chi connectivity index (χ2n) is 11.6. The standard InChI is InChI=1S/C41H44N2P/c1-5-7-8-14-28-44(4,36-17-10-9-11-18-36)37-24-20-32(21-25-37)29-35-16-12-13-19-38(35)39(40(42)15-6-2)30-34-23-22-33-26-27-43-41(33)31(34)3/h5,7-14,16-28,30-31,43H,1,6,15,29,42H2,2-4H3/q+1/b8-7-,28-14-,34-30-,40-39-. The van der Waals surface area contributed by atoms with Crippen molar-refractivity contribution >= 4 is 29.5 Å². The van der Waals surface area contributed by atoms with Gasteiger partial charge in [0.1, 0.15) is 17.9 Å². The third kappa shape index (κ3) is 6.88. The van der Waals surface area contributed by atoms with Gasteiger partial charge in [-0.1, -0.05) is 112 Å². The van der Waals surface area contributed by atoms with Crippen molar-refractivity contribution in [2.24, 2.45) is 5.73 Å². The summed E-state index contributed by atoms with van der Waals surface area (Å²) in [5, 5.41) is 2.73. The fourth-order valence-corrected chi connectivity index (χ4v) is 8.65. The molecule has 1 aliphatic carbocycles. The molecule has 0 bridgehead atoms. The van der Waals surface area contributed by atoms with E-state index in [2.05, 4.69) is 153 Å². The number of nitrogens with two attached hydrogens (primary N) is 1. The van der Waals surface area contributed by atoms with Crippen LogP contribution >= 0.6 is 7.26 Å². The summed E-state index contributed by atoms with van der Waals surface area (Å²) in [4.78, 5) is 3.44. The molecule has 0 fully saturated rings. The molecule has 0 aliphatic heterocycles. The maximum Gasteiger partial charge on any atom is 0.103 e. The van der Waals surface area contributed by atoms with Gasteiger partial charge in [0, 0.05) is 29.1 Å². The number of fused-ring (bicyclic) bond motifs is 1. The number of hydrogen-bond donors (Lipinski definition) is 2. The van der Waals surface area contributed by atoms with Gasteiger partial charge in [0.15, 0.2) is 0 Å². The minimum Gasteiger partial charge on any atom is -0.402 e. The third-order valence-corrected chi connectivity index (χ3v) is 12.1. The molecule has 0 saturated heterocycles. The predicted molar refractivity (Wildman–Crippen MR) is 195 cm³/mol. The molecule has 0 radical (unpaired) electrons. The molecule has 2 atom stereocenters. The van der Waals surface area contributed by atoms with Gasteiger partial charge in [-0.3, -0.25) is 0 Å². The summed E-state index contributed by atoms with van der Waals surface area (Å²) in [5.41, 5.74) is 16.5. The van der Waals surface area contributed by atoms with Gasteiger partial charge in [0.05, 0.1) is 12.5 Å². The minimum absolute atomic E-state index is 0.276. The highest BCUT2D eigenvalue weighted by molar-refractivity contribution is 7.91. The summed E-state index contributed by atoms with van der Waals surface area (Å²) < 4.78 is 0. The number of H-pyrrole nitrogens is 1. The lowest BCUT2D eigenvalue weighted by Crippen LogP contribution is -2.19. The highest BCUT2D eigenvalue weighted by Gasteiger charge is 2.34. The zero-order valence-corrected chi connectivity index (χ0v) is 27.1. The van der Waals surface area contributed by atoms with E-state index in [0.29, 0.717) is 0 Å². The third-order valence-electron chi connectivity index (χ3n) is 8.59. The minimum atomic E-state index is -1.71. The largest absolute Gasteiger partial charge is 0.402 e. The zero-order chi connectivity index (χ0) is 30.9. The van der Waals surface area contributed by atoms with Crippen LogP contribution in [-0.2, 0) is 6.42 Å². The van der Waals surface area contributed by atoms with Crippen LogP contribution in [0.5, 0.6) is 0 Å². The highest BCUT2D eigenvalue weighted by Crippen LogP contribution is 2.54. The number of rotatable bonds is 11. The van der Waals surface area contributed by atoms with Gasteiger partial charge in [-0.25, -0.2) is 0 Å². The summed E-state index contributed by atoms with van der Waals surface area (Å²) in [6, 6.07) is 31.0. The molecule has 3 heteroatoms. The Kier molecular flexibility index (Phi) is 10.2. The molecular formula is C41H44N2P+. The van der Waals surface area contributed by atoms with Gasteiger partial charge >= 0.3 is 0 Å². The second kappa shape index (κ2) is 14.4. The average Bonchev–Trinajstić information content (AvgIpc) is 3.54. The Hall–Kier alpha value is -4.39. The van der Waals surface area contributed by atoms with Crippen LogP contribution in [0.15, 0.2) is 151 Å². The molecule has 222 valence electrons. The van der Waals surface area contributed by atoms with Crippen molar-refractivity contribution in [2.45, 2.75) is 39.0 Å². The van der Waals surface area contributed by atoms with E-state index in [1.807, 2.05) is 18.3 Å². The molecule has 0 saturated carbocycles. The molecule has 4 aromatic rings. The van der Waals surface area contributed by atoms with Crippen molar-refractivity contribution in [3.8, 4) is 0 Å². The van der Waals surface area contributed by atoms with Crippen LogP contribution in [0.2, 0.25) is 0 Å². The molecule has 1 aromatic heterocycles. The lowest BCUT2D eigenvalue weighted by Gasteiger charge is -2.21. The molecule has 3 N–H and O–H groups in total. The first-order valence-electron chi connectivity index (χ1n) is 15.6. The van der Waals surface area contributed by atoms with Gasteiger partial charge < -0.3 is 10.7 Å². The molecular weight excluding hydrogens is 551 g/mol. The van der Waals surface area contributed by atoms with Crippen molar-refractivity contribution < 1.29 is 0 Å². The van der Waals surface area contributed by atoms with Gasteiger partial charge in [0.25, 0.3) is 0 Å². The van der Waals surface area contributed by atoms with Crippen molar-refractivity contribution in [3.05, 3.63) is 179 Å². The van der Waals surface area contributed by atoms with Gasteiger partial charge in [-0.15, -0.1) is 0 Å². The normalized spacial score (nSPS) is 17.5. The van der Waals surface area contributed by atoms with E-state index in [0.717, 1.165) is 30.5 Å². The van der Waals surface area contributed by atoms with E-state index in [4.69, 9.17) is 5.73 Å². The van der Waals surface area contributed by atoms with Gasteiger partial charge in [0.2, 0.25) is 0 Å². The number of allylic oxidation sites excluding steroid dienone is 9. The Morgan fingerprint density at radius 2 is 1.61 bits per heavy atom. The predicted octanol–water partition coefficient (Wildman–Crippen LogP) is 9.69. The summed E-state index contributed by atoms with van der Waals surface area (Å²) >= 11 is 0. The molecule has 0 amide bonds. The van der Waals surface area contributed by atoms with Crippen LogP contribution in [0.3, 0.4) is 0 Å². The lowest BCUT2D eigenvalue weighted by atomic mass is 9.85.